The maximum absolute atomic E-state index is 10.8. The molecule has 1 aromatic heterocycles. The standard InChI is InChI=1S/C13H10N2O3S/c16-19(17)18-13-14-11-8-4-5-9-12(11)15(13)10-6-2-1-3-7-10/h1-9H,(H,16,17)/p-1. The summed E-state index contributed by atoms with van der Waals surface area (Å²) in [5, 5.41) is 0. The van der Waals surface area contributed by atoms with Gasteiger partial charge in [-0.15, -0.1) is 0 Å². The van der Waals surface area contributed by atoms with Crippen molar-refractivity contribution in [2.75, 3.05) is 0 Å². The second-order valence-electron chi connectivity index (χ2n) is 3.84. The zero-order valence-electron chi connectivity index (χ0n) is 9.72. The summed E-state index contributed by atoms with van der Waals surface area (Å²) in [4.78, 5) is 4.18. The fourth-order valence-corrected chi connectivity index (χ4v) is 2.18. The average Bonchev–Trinajstić information content (AvgIpc) is 2.76. The minimum absolute atomic E-state index is 0.0285. The van der Waals surface area contributed by atoms with Crippen molar-refractivity contribution in [2.24, 2.45) is 0 Å². The molecule has 0 aliphatic rings. The Labute approximate surface area is 112 Å². The normalized spacial score (nSPS) is 12.5. The Morgan fingerprint density at radius 1 is 1.05 bits per heavy atom. The number of hydrogen-bond donors (Lipinski definition) is 0. The lowest BCUT2D eigenvalue weighted by Gasteiger charge is -2.10. The molecule has 5 nitrogen and oxygen atoms in total. The molecular formula is C13H9N2O3S-. The SMILES string of the molecule is O=S([O-])Oc1nc2ccccc2n1-c1ccccc1. The van der Waals surface area contributed by atoms with Gasteiger partial charge in [0.25, 0.3) is 0 Å². The molecule has 0 saturated heterocycles. The summed E-state index contributed by atoms with van der Waals surface area (Å²) in [7, 11) is 0. The van der Waals surface area contributed by atoms with E-state index >= 15 is 0 Å². The van der Waals surface area contributed by atoms with Gasteiger partial charge in [-0.3, -0.25) is 4.57 Å². The molecule has 3 rings (SSSR count). The van der Waals surface area contributed by atoms with E-state index in [0.717, 1.165) is 11.2 Å². The first-order chi connectivity index (χ1) is 9.25. The van der Waals surface area contributed by atoms with Gasteiger partial charge in [0.1, 0.15) is 11.4 Å². The number of fused-ring (bicyclic) bond motifs is 1. The molecule has 1 atom stereocenters. The van der Waals surface area contributed by atoms with E-state index in [4.69, 9.17) is 4.18 Å². The summed E-state index contributed by atoms with van der Waals surface area (Å²) in [5.74, 6) is 0. The fourth-order valence-electron chi connectivity index (χ4n) is 1.95. The first-order valence-corrected chi connectivity index (χ1v) is 6.56. The highest BCUT2D eigenvalue weighted by Crippen LogP contribution is 2.26. The lowest BCUT2D eigenvalue weighted by Crippen LogP contribution is -2.04. The highest BCUT2D eigenvalue weighted by Gasteiger charge is 2.13. The van der Waals surface area contributed by atoms with Crippen LogP contribution in [0.4, 0.5) is 0 Å². The quantitative estimate of drug-likeness (QED) is 0.686. The monoisotopic (exact) mass is 273 g/mol. The summed E-state index contributed by atoms with van der Waals surface area (Å²) in [6.45, 7) is 0. The maximum atomic E-state index is 10.8. The number of imidazole rings is 1. The highest BCUT2D eigenvalue weighted by molar-refractivity contribution is 7.74. The van der Waals surface area contributed by atoms with E-state index in [9.17, 15) is 8.76 Å². The molecule has 0 saturated carbocycles. The summed E-state index contributed by atoms with van der Waals surface area (Å²) in [5.41, 5.74) is 2.25. The maximum Gasteiger partial charge on any atom is 0.315 e. The molecular weight excluding hydrogens is 264 g/mol. The summed E-state index contributed by atoms with van der Waals surface area (Å²) in [6.07, 6.45) is 0. The van der Waals surface area contributed by atoms with Crippen molar-refractivity contribution in [3.8, 4) is 11.7 Å². The van der Waals surface area contributed by atoms with Crippen LogP contribution in [-0.2, 0) is 11.4 Å². The molecule has 0 amide bonds. The van der Waals surface area contributed by atoms with Gasteiger partial charge >= 0.3 is 6.01 Å². The zero-order valence-corrected chi connectivity index (χ0v) is 10.5. The fraction of sp³-hybridized carbons (Fsp3) is 0. The lowest BCUT2D eigenvalue weighted by atomic mass is 10.3. The number of nitrogens with zero attached hydrogens (tertiary/aromatic N) is 2. The van der Waals surface area contributed by atoms with Gasteiger partial charge in [-0.2, -0.15) is 4.98 Å². The van der Waals surface area contributed by atoms with Gasteiger partial charge in [-0.05, 0) is 24.3 Å². The highest BCUT2D eigenvalue weighted by atomic mass is 32.2. The zero-order chi connectivity index (χ0) is 13.2. The van der Waals surface area contributed by atoms with Crippen molar-refractivity contribution >= 4 is 22.4 Å². The van der Waals surface area contributed by atoms with E-state index in [2.05, 4.69) is 4.98 Å². The summed E-state index contributed by atoms with van der Waals surface area (Å²) >= 11 is -2.66. The number of para-hydroxylation sites is 3. The number of aromatic nitrogens is 2. The topological polar surface area (TPSA) is 67.2 Å². The van der Waals surface area contributed by atoms with Gasteiger partial charge in [-0.25, -0.2) is 4.21 Å². The molecule has 0 aliphatic heterocycles. The molecule has 1 heterocycles. The van der Waals surface area contributed by atoms with Crippen LogP contribution in [-0.4, -0.2) is 18.3 Å². The van der Waals surface area contributed by atoms with E-state index in [1.54, 1.807) is 10.6 Å². The van der Waals surface area contributed by atoms with Crippen LogP contribution in [0.3, 0.4) is 0 Å². The van der Waals surface area contributed by atoms with E-state index in [1.807, 2.05) is 48.5 Å². The number of benzene rings is 2. The molecule has 0 radical (unpaired) electrons. The van der Waals surface area contributed by atoms with Crippen LogP contribution in [0.2, 0.25) is 0 Å². The van der Waals surface area contributed by atoms with Gasteiger partial charge in [0, 0.05) is 0 Å². The second kappa shape index (κ2) is 4.83. The van der Waals surface area contributed by atoms with Crippen LogP contribution >= 0.6 is 0 Å². The molecule has 0 N–H and O–H groups in total. The largest absolute Gasteiger partial charge is 0.740 e. The minimum Gasteiger partial charge on any atom is -0.740 e. The Bertz CT molecular complexity index is 740. The van der Waals surface area contributed by atoms with Crippen LogP contribution in [0.15, 0.2) is 54.6 Å². The van der Waals surface area contributed by atoms with Crippen molar-refractivity contribution in [3.63, 3.8) is 0 Å². The molecule has 3 aromatic rings. The van der Waals surface area contributed by atoms with Gasteiger partial charge in [0.15, 0.2) is 0 Å². The molecule has 19 heavy (non-hydrogen) atoms. The first-order valence-electron chi connectivity index (χ1n) is 5.56. The van der Waals surface area contributed by atoms with Gasteiger partial charge in [0.2, 0.25) is 0 Å². The van der Waals surface area contributed by atoms with Crippen LogP contribution < -0.4 is 4.18 Å². The Kier molecular flexibility index (Phi) is 3.02. The molecule has 2 aromatic carbocycles. The molecule has 0 spiro atoms. The smallest absolute Gasteiger partial charge is 0.315 e. The first kappa shape index (κ1) is 11.9. The van der Waals surface area contributed by atoms with Crippen LogP contribution in [0, 0.1) is 0 Å². The predicted molar refractivity (Wildman–Crippen MR) is 70.6 cm³/mol. The van der Waals surface area contributed by atoms with Gasteiger partial charge < -0.3 is 8.74 Å². The molecule has 1 unspecified atom stereocenters. The molecule has 0 fully saturated rings. The van der Waals surface area contributed by atoms with Crippen molar-refractivity contribution in [2.45, 2.75) is 0 Å². The average molecular weight is 273 g/mol. The Morgan fingerprint density at radius 3 is 2.47 bits per heavy atom. The Hall–Kier alpha value is -2.18. The summed E-state index contributed by atoms with van der Waals surface area (Å²) < 4.78 is 27.9. The number of rotatable bonds is 3. The van der Waals surface area contributed by atoms with Crippen LogP contribution in [0.1, 0.15) is 0 Å². The Morgan fingerprint density at radius 2 is 1.74 bits per heavy atom. The van der Waals surface area contributed by atoms with E-state index in [-0.39, 0.29) is 6.01 Å². The van der Waals surface area contributed by atoms with Crippen molar-refractivity contribution < 1.29 is 12.9 Å². The van der Waals surface area contributed by atoms with Crippen molar-refractivity contribution in [1.29, 1.82) is 0 Å². The second-order valence-corrected chi connectivity index (χ2v) is 4.42. The van der Waals surface area contributed by atoms with E-state index in [1.165, 1.54) is 0 Å². The van der Waals surface area contributed by atoms with Crippen molar-refractivity contribution in [1.82, 2.24) is 9.55 Å². The van der Waals surface area contributed by atoms with Crippen LogP contribution in [0.25, 0.3) is 16.7 Å². The van der Waals surface area contributed by atoms with E-state index < -0.39 is 11.4 Å². The van der Waals surface area contributed by atoms with Crippen molar-refractivity contribution in [3.05, 3.63) is 54.6 Å². The molecule has 0 bridgehead atoms. The third-order valence-electron chi connectivity index (χ3n) is 2.69. The number of hydrogen-bond acceptors (Lipinski definition) is 4. The van der Waals surface area contributed by atoms with Crippen LogP contribution in [0.5, 0.6) is 6.01 Å². The minimum atomic E-state index is -2.66. The predicted octanol–water partition coefficient (Wildman–Crippen LogP) is 2.20. The third kappa shape index (κ3) is 2.23. The lowest BCUT2D eigenvalue weighted by molar-refractivity contribution is 0.422. The molecule has 0 aliphatic carbocycles. The summed E-state index contributed by atoms with van der Waals surface area (Å²) in [6, 6.07) is 16.7. The van der Waals surface area contributed by atoms with E-state index in [0.29, 0.717) is 5.52 Å². The molecule has 96 valence electrons. The van der Waals surface area contributed by atoms with Gasteiger partial charge in [-0.1, -0.05) is 30.3 Å². The van der Waals surface area contributed by atoms with Gasteiger partial charge in [0.05, 0.1) is 16.7 Å². The Balaban J connectivity index is 2.27. The molecule has 6 heteroatoms. The third-order valence-corrected chi connectivity index (χ3v) is 2.97.